The summed E-state index contributed by atoms with van der Waals surface area (Å²) in [5, 5.41) is 12.4. The van der Waals surface area contributed by atoms with E-state index in [1.165, 1.54) is 25.8 Å². The Balaban J connectivity index is 2.22. The van der Waals surface area contributed by atoms with Gasteiger partial charge in [0.1, 0.15) is 5.54 Å². The lowest BCUT2D eigenvalue weighted by Gasteiger charge is -2.32. The lowest BCUT2D eigenvalue weighted by atomic mass is 9.85. The summed E-state index contributed by atoms with van der Waals surface area (Å²) in [6, 6.07) is 0. The Labute approximate surface area is 123 Å². The van der Waals surface area contributed by atoms with Gasteiger partial charge in [-0.05, 0) is 64.6 Å². The molecule has 0 aliphatic heterocycles. The van der Waals surface area contributed by atoms with Crippen LogP contribution < -0.4 is 5.32 Å². The number of likely N-dealkylation sites (N-methyl/N-ethyl adjacent to an activating group) is 1. The molecule has 0 amide bonds. The van der Waals surface area contributed by atoms with Gasteiger partial charge in [0.25, 0.3) is 0 Å². The molecule has 1 atom stereocenters. The maximum Gasteiger partial charge on any atom is 0.323 e. The number of nitrogens with zero attached hydrogens (tertiary/aromatic N) is 1. The van der Waals surface area contributed by atoms with Crippen LogP contribution in [0.3, 0.4) is 0 Å². The largest absolute Gasteiger partial charge is 0.480 e. The average Bonchev–Trinajstić information content (AvgIpc) is 2.36. The van der Waals surface area contributed by atoms with Crippen molar-refractivity contribution in [3.63, 3.8) is 0 Å². The fraction of sp³-hybridized carbons (Fsp3) is 0.938. The van der Waals surface area contributed by atoms with E-state index in [2.05, 4.69) is 17.1 Å². The zero-order chi connectivity index (χ0) is 15.0. The van der Waals surface area contributed by atoms with Gasteiger partial charge in [0.15, 0.2) is 0 Å². The second kappa shape index (κ2) is 8.63. The summed E-state index contributed by atoms with van der Waals surface area (Å²) in [5.74, 6) is 0.183. The number of carboxylic acids is 1. The highest BCUT2D eigenvalue weighted by molar-refractivity contribution is 5.78. The minimum absolute atomic E-state index is 0.700. The second-order valence-electron chi connectivity index (χ2n) is 6.31. The zero-order valence-corrected chi connectivity index (χ0v) is 13.5. The van der Waals surface area contributed by atoms with Gasteiger partial charge in [0.2, 0.25) is 0 Å². The lowest BCUT2D eigenvalue weighted by Crippen LogP contribution is -2.49. The number of nitrogens with one attached hydrogen (secondary N) is 1. The quantitative estimate of drug-likeness (QED) is 0.573. The van der Waals surface area contributed by atoms with E-state index >= 15 is 0 Å². The minimum atomic E-state index is -0.764. The van der Waals surface area contributed by atoms with Gasteiger partial charge in [-0.2, -0.15) is 0 Å². The summed E-state index contributed by atoms with van der Waals surface area (Å²) in [6.07, 6.45) is 6.97. The molecule has 1 saturated carbocycles. The monoisotopic (exact) mass is 284 g/mol. The van der Waals surface area contributed by atoms with Crippen molar-refractivity contribution in [3.8, 4) is 0 Å². The Kier molecular flexibility index (Phi) is 7.52. The van der Waals surface area contributed by atoms with E-state index in [1.807, 2.05) is 6.92 Å². The highest BCUT2D eigenvalue weighted by atomic mass is 16.4. The molecule has 0 radical (unpaired) electrons. The molecule has 0 aromatic rings. The first-order chi connectivity index (χ1) is 9.51. The predicted molar refractivity (Wildman–Crippen MR) is 83.0 cm³/mol. The van der Waals surface area contributed by atoms with Crippen LogP contribution >= 0.6 is 0 Å². The van der Waals surface area contributed by atoms with E-state index in [9.17, 15) is 9.90 Å². The van der Waals surface area contributed by atoms with Gasteiger partial charge in [0.05, 0.1) is 0 Å². The second-order valence-corrected chi connectivity index (χ2v) is 6.31. The van der Waals surface area contributed by atoms with Crippen molar-refractivity contribution >= 4 is 5.97 Å². The molecule has 4 nitrogen and oxygen atoms in total. The van der Waals surface area contributed by atoms with Crippen LogP contribution in [0.4, 0.5) is 0 Å². The highest BCUT2D eigenvalue weighted by Crippen LogP contribution is 2.27. The van der Waals surface area contributed by atoms with Crippen LogP contribution in [0.25, 0.3) is 0 Å². The topological polar surface area (TPSA) is 52.6 Å². The Hall–Kier alpha value is -0.610. The molecule has 0 aromatic carbocycles. The van der Waals surface area contributed by atoms with Crippen LogP contribution in [0.2, 0.25) is 0 Å². The van der Waals surface area contributed by atoms with Crippen LogP contribution in [-0.4, -0.2) is 47.7 Å². The average molecular weight is 284 g/mol. The minimum Gasteiger partial charge on any atom is -0.480 e. The van der Waals surface area contributed by atoms with Crippen molar-refractivity contribution in [1.82, 2.24) is 10.2 Å². The molecule has 0 spiro atoms. The molecule has 2 N–H and O–H groups in total. The zero-order valence-electron chi connectivity index (χ0n) is 13.5. The van der Waals surface area contributed by atoms with Crippen molar-refractivity contribution in [1.29, 1.82) is 0 Å². The van der Waals surface area contributed by atoms with E-state index in [1.54, 1.807) is 6.92 Å². The van der Waals surface area contributed by atoms with Gasteiger partial charge >= 0.3 is 5.97 Å². The van der Waals surface area contributed by atoms with E-state index in [0.29, 0.717) is 13.0 Å². The first kappa shape index (κ1) is 17.4. The summed E-state index contributed by atoms with van der Waals surface area (Å²) in [4.78, 5) is 13.8. The Morgan fingerprint density at radius 1 is 1.35 bits per heavy atom. The van der Waals surface area contributed by atoms with Gasteiger partial charge < -0.3 is 15.3 Å². The van der Waals surface area contributed by atoms with Gasteiger partial charge in [0, 0.05) is 6.54 Å². The third-order valence-electron chi connectivity index (χ3n) is 4.63. The normalized spacial score (nSPS) is 18.8. The molecular weight excluding hydrogens is 252 g/mol. The number of hydrogen-bond donors (Lipinski definition) is 2. The van der Waals surface area contributed by atoms with Crippen LogP contribution in [-0.2, 0) is 4.79 Å². The fourth-order valence-electron chi connectivity index (χ4n) is 2.89. The molecule has 1 rings (SSSR count). The van der Waals surface area contributed by atoms with Crippen molar-refractivity contribution in [2.45, 2.75) is 64.8 Å². The molecule has 1 aliphatic carbocycles. The standard InChI is InChI=1S/C16H32N2O2/c1-4-17-16(3,15(19)20)11-6-7-12-18(5-2)13-14-9-8-10-14/h14,17H,4-13H2,1-3H3,(H,19,20). The van der Waals surface area contributed by atoms with Crippen molar-refractivity contribution in [3.05, 3.63) is 0 Å². The number of aliphatic carboxylic acids is 1. The summed E-state index contributed by atoms with van der Waals surface area (Å²) in [5.41, 5.74) is -0.764. The molecular formula is C16H32N2O2. The van der Waals surface area contributed by atoms with E-state index in [0.717, 1.165) is 31.8 Å². The van der Waals surface area contributed by atoms with Crippen LogP contribution in [0.15, 0.2) is 0 Å². The van der Waals surface area contributed by atoms with Crippen molar-refractivity contribution in [2.75, 3.05) is 26.2 Å². The molecule has 0 aromatic heterocycles. The van der Waals surface area contributed by atoms with E-state index in [-0.39, 0.29) is 0 Å². The van der Waals surface area contributed by atoms with Crippen molar-refractivity contribution in [2.24, 2.45) is 5.92 Å². The fourth-order valence-corrected chi connectivity index (χ4v) is 2.89. The molecule has 0 bridgehead atoms. The van der Waals surface area contributed by atoms with Crippen LogP contribution in [0, 0.1) is 5.92 Å². The molecule has 0 saturated heterocycles. The SMILES string of the molecule is CCNC(C)(CCCCN(CC)CC1CCC1)C(=O)O. The number of hydrogen-bond acceptors (Lipinski definition) is 3. The molecule has 4 heteroatoms. The Bertz CT molecular complexity index is 292. The van der Waals surface area contributed by atoms with E-state index < -0.39 is 11.5 Å². The van der Waals surface area contributed by atoms with Crippen LogP contribution in [0.1, 0.15) is 59.3 Å². The third-order valence-corrected chi connectivity index (χ3v) is 4.63. The Morgan fingerprint density at radius 2 is 2.05 bits per heavy atom. The first-order valence-corrected chi connectivity index (χ1v) is 8.22. The van der Waals surface area contributed by atoms with Crippen molar-refractivity contribution < 1.29 is 9.90 Å². The van der Waals surface area contributed by atoms with Gasteiger partial charge in [-0.3, -0.25) is 4.79 Å². The molecule has 0 heterocycles. The maximum atomic E-state index is 11.3. The van der Waals surface area contributed by atoms with Crippen LogP contribution in [0.5, 0.6) is 0 Å². The number of rotatable bonds is 11. The number of carbonyl (C=O) groups is 1. The smallest absolute Gasteiger partial charge is 0.323 e. The number of carboxylic acid groups (broad SMARTS) is 1. The third kappa shape index (κ3) is 5.41. The molecule has 118 valence electrons. The molecule has 1 fully saturated rings. The lowest BCUT2D eigenvalue weighted by molar-refractivity contribution is -0.144. The van der Waals surface area contributed by atoms with E-state index in [4.69, 9.17) is 0 Å². The van der Waals surface area contributed by atoms with Gasteiger partial charge in [-0.1, -0.05) is 20.3 Å². The predicted octanol–water partition coefficient (Wildman–Crippen LogP) is 2.73. The van der Waals surface area contributed by atoms with Gasteiger partial charge in [-0.25, -0.2) is 0 Å². The summed E-state index contributed by atoms with van der Waals surface area (Å²) >= 11 is 0. The highest BCUT2D eigenvalue weighted by Gasteiger charge is 2.31. The summed E-state index contributed by atoms with van der Waals surface area (Å²) in [7, 11) is 0. The number of unbranched alkanes of at least 4 members (excludes halogenated alkanes) is 1. The Morgan fingerprint density at radius 3 is 2.50 bits per heavy atom. The molecule has 1 unspecified atom stereocenters. The summed E-state index contributed by atoms with van der Waals surface area (Å²) in [6.45, 7) is 10.1. The maximum absolute atomic E-state index is 11.3. The van der Waals surface area contributed by atoms with Gasteiger partial charge in [-0.15, -0.1) is 0 Å². The molecule has 1 aliphatic rings. The first-order valence-electron chi connectivity index (χ1n) is 8.22. The summed E-state index contributed by atoms with van der Waals surface area (Å²) < 4.78 is 0. The molecule has 20 heavy (non-hydrogen) atoms.